The average Bonchev–Trinajstić information content (AvgIpc) is 3.21. The number of rotatable bonds is 9. The van der Waals surface area contributed by atoms with Gasteiger partial charge in [-0.05, 0) is 55.0 Å². The molecule has 0 aliphatic rings. The normalized spacial score (nSPS) is 11.5. The highest BCUT2D eigenvalue weighted by molar-refractivity contribution is 7.98. The van der Waals surface area contributed by atoms with Crippen LogP contribution in [0.2, 0.25) is 0 Å². The average molecular weight is 499 g/mol. The lowest BCUT2D eigenvalue weighted by atomic mass is 10.1. The molecule has 1 N–H and O–H groups in total. The van der Waals surface area contributed by atoms with Crippen LogP contribution < -0.4 is 10.1 Å². The van der Waals surface area contributed by atoms with Gasteiger partial charge >= 0.3 is 6.18 Å². The van der Waals surface area contributed by atoms with E-state index in [2.05, 4.69) is 9.88 Å². The standard InChI is InChI=1S/C27H25F3N2O2S/c1-2-34-22-13-9-20(10-14-22)26(33)31-15-16-32-17-25(23-5-3-4-6-24(23)32)35-18-19-7-11-21(12-8-19)27(28,29)30/h3-14,17H,2,15-16,18H2,1H3,(H,31,33). The van der Waals surface area contributed by atoms with Gasteiger partial charge in [-0.1, -0.05) is 30.3 Å². The van der Waals surface area contributed by atoms with Gasteiger partial charge in [-0.3, -0.25) is 4.79 Å². The van der Waals surface area contributed by atoms with E-state index >= 15 is 0 Å². The van der Waals surface area contributed by atoms with E-state index in [0.29, 0.717) is 31.0 Å². The van der Waals surface area contributed by atoms with Crippen molar-refractivity contribution in [3.05, 3.63) is 95.7 Å². The minimum Gasteiger partial charge on any atom is -0.494 e. The number of alkyl halides is 3. The number of halogens is 3. The molecule has 0 saturated carbocycles. The number of carbonyl (C=O) groups excluding carboxylic acids is 1. The Labute approximate surface area is 206 Å². The van der Waals surface area contributed by atoms with Gasteiger partial charge in [-0.2, -0.15) is 13.2 Å². The minimum atomic E-state index is -4.33. The first-order valence-corrected chi connectivity index (χ1v) is 12.2. The summed E-state index contributed by atoms with van der Waals surface area (Å²) in [6, 6.07) is 20.3. The molecule has 4 aromatic rings. The molecule has 0 bridgehead atoms. The molecular weight excluding hydrogens is 473 g/mol. The quantitative estimate of drug-likeness (QED) is 0.259. The van der Waals surface area contributed by atoms with Gasteiger partial charge < -0.3 is 14.6 Å². The van der Waals surface area contributed by atoms with Crippen LogP contribution in [0.4, 0.5) is 13.2 Å². The van der Waals surface area contributed by atoms with E-state index in [1.807, 2.05) is 37.4 Å². The first-order chi connectivity index (χ1) is 16.8. The van der Waals surface area contributed by atoms with Gasteiger partial charge in [0, 0.05) is 46.4 Å². The van der Waals surface area contributed by atoms with Gasteiger partial charge in [0.1, 0.15) is 5.75 Å². The van der Waals surface area contributed by atoms with Gasteiger partial charge in [-0.25, -0.2) is 0 Å². The molecule has 182 valence electrons. The van der Waals surface area contributed by atoms with E-state index in [1.54, 1.807) is 36.0 Å². The van der Waals surface area contributed by atoms with E-state index in [4.69, 9.17) is 4.74 Å². The summed E-state index contributed by atoms with van der Waals surface area (Å²) < 4.78 is 45.9. The van der Waals surface area contributed by atoms with Crippen molar-refractivity contribution in [3.63, 3.8) is 0 Å². The third kappa shape index (κ3) is 6.19. The molecule has 0 aliphatic heterocycles. The summed E-state index contributed by atoms with van der Waals surface area (Å²) in [6.07, 6.45) is -2.30. The fraction of sp³-hybridized carbons (Fsp3) is 0.222. The van der Waals surface area contributed by atoms with E-state index in [0.717, 1.165) is 39.2 Å². The number of ether oxygens (including phenoxy) is 1. The zero-order chi connectivity index (χ0) is 24.8. The number of benzene rings is 3. The van der Waals surface area contributed by atoms with Crippen LogP contribution in [-0.2, 0) is 18.5 Å². The molecule has 0 aliphatic carbocycles. The summed E-state index contributed by atoms with van der Waals surface area (Å²) in [5.74, 6) is 1.13. The molecule has 4 nitrogen and oxygen atoms in total. The molecule has 1 amide bonds. The Morgan fingerprint density at radius 3 is 2.40 bits per heavy atom. The molecule has 0 radical (unpaired) electrons. The molecule has 1 heterocycles. The van der Waals surface area contributed by atoms with Gasteiger partial charge in [0.2, 0.25) is 0 Å². The number of fused-ring (bicyclic) bond motifs is 1. The van der Waals surface area contributed by atoms with Crippen LogP contribution in [0.25, 0.3) is 10.9 Å². The topological polar surface area (TPSA) is 43.3 Å². The first kappa shape index (κ1) is 24.7. The van der Waals surface area contributed by atoms with Crippen LogP contribution in [0.15, 0.2) is 83.9 Å². The maximum absolute atomic E-state index is 12.8. The number of amides is 1. The van der Waals surface area contributed by atoms with Crippen molar-refractivity contribution in [3.8, 4) is 5.75 Å². The Balaban J connectivity index is 1.39. The Morgan fingerprint density at radius 1 is 1.00 bits per heavy atom. The number of carbonyl (C=O) groups is 1. The highest BCUT2D eigenvalue weighted by atomic mass is 32.2. The molecule has 1 aromatic heterocycles. The molecule has 4 rings (SSSR count). The van der Waals surface area contributed by atoms with Crippen LogP contribution in [0.3, 0.4) is 0 Å². The molecule has 0 fully saturated rings. The van der Waals surface area contributed by atoms with Gasteiger partial charge in [-0.15, -0.1) is 11.8 Å². The molecule has 3 aromatic carbocycles. The van der Waals surface area contributed by atoms with Crippen molar-refractivity contribution in [2.45, 2.75) is 30.3 Å². The van der Waals surface area contributed by atoms with E-state index in [-0.39, 0.29) is 5.91 Å². The maximum Gasteiger partial charge on any atom is 0.416 e. The van der Waals surface area contributed by atoms with Gasteiger partial charge in [0.15, 0.2) is 0 Å². The summed E-state index contributed by atoms with van der Waals surface area (Å²) in [4.78, 5) is 13.5. The zero-order valence-electron chi connectivity index (χ0n) is 19.1. The lowest BCUT2D eigenvalue weighted by molar-refractivity contribution is -0.137. The van der Waals surface area contributed by atoms with E-state index in [1.165, 1.54) is 12.1 Å². The largest absolute Gasteiger partial charge is 0.494 e. The van der Waals surface area contributed by atoms with Crippen LogP contribution >= 0.6 is 11.8 Å². The van der Waals surface area contributed by atoms with Gasteiger partial charge in [0.05, 0.1) is 12.2 Å². The predicted octanol–water partition coefficient (Wildman–Crippen LogP) is 6.78. The highest BCUT2D eigenvalue weighted by Gasteiger charge is 2.29. The molecule has 0 spiro atoms. The minimum absolute atomic E-state index is 0.151. The number of thioether (sulfide) groups is 1. The Bertz CT molecular complexity index is 1280. The predicted molar refractivity (Wildman–Crippen MR) is 133 cm³/mol. The SMILES string of the molecule is CCOc1ccc(C(=O)NCCn2cc(SCc3ccc(C(F)(F)F)cc3)c3ccccc32)cc1. The van der Waals surface area contributed by atoms with Crippen LogP contribution in [0.1, 0.15) is 28.4 Å². The molecule has 0 atom stereocenters. The molecule has 0 saturated heterocycles. The first-order valence-electron chi connectivity index (χ1n) is 11.2. The monoisotopic (exact) mass is 498 g/mol. The van der Waals surface area contributed by atoms with Crippen molar-refractivity contribution >= 4 is 28.6 Å². The number of para-hydroxylation sites is 1. The summed E-state index contributed by atoms with van der Waals surface area (Å²) in [7, 11) is 0. The molecule has 8 heteroatoms. The molecular formula is C27H25F3N2O2S. The number of nitrogens with zero attached hydrogens (tertiary/aromatic N) is 1. The Morgan fingerprint density at radius 2 is 1.71 bits per heavy atom. The fourth-order valence-electron chi connectivity index (χ4n) is 3.73. The fourth-order valence-corrected chi connectivity index (χ4v) is 4.77. The van der Waals surface area contributed by atoms with Crippen molar-refractivity contribution in [1.82, 2.24) is 9.88 Å². The second kappa shape index (κ2) is 10.9. The third-order valence-corrected chi connectivity index (χ3v) is 6.61. The Hall–Kier alpha value is -3.39. The number of hydrogen-bond acceptors (Lipinski definition) is 3. The van der Waals surface area contributed by atoms with E-state index in [9.17, 15) is 18.0 Å². The summed E-state index contributed by atoms with van der Waals surface area (Å²) >= 11 is 1.58. The smallest absolute Gasteiger partial charge is 0.416 e. The van der Waals surface area contributed by atoms with Gasteiger partial charge in [0.25, 0.3) is 5.91 Å². The van der Waals surface area contributed by atoms with Crippen molar-refractivity contribution in [1.29, 1.82) is 0 Å². The number of hydrogen-bond donors (Lipinski definition) is 1. The highest BCUT2D eigenvalue weighted by Crippen LogP contribution is 2.33. The molecule has 35 heavy (non-hydrogen) atoms. The van der Waals surface area contributed by atoms with Crippen LogP contribution in [-0.4, -0.2) is 23.6 Å². The van der Waals surface area contributed by atoms with Crippen molar-refractivity contribution in [2.24, 2.45) is 0 Å². The molecule has 0 unspecified atom stereocenters. The van der Waals surface area contributed by atoms with Crippen molar-refractivity contribution < 1.29 is 22.7 Å². The van der Waals surface area contributed by atoms with Crippen molar-refractivity contribution in [2.75, 3.05) is 13.2 Å². The summed E-state index contributed by atoms with van der Waals surface area (Å²) in [5, 5.41) is 4.02. The number of nitrogens with one attached hydrogen (secondary N) is 1. The van der Waals surface area contributed by atoms with E-state index < -0.39 is 11.7 Å². The van der Waals surface area contributed by atoms with Crippen LogP contribution in [0.5, 0.6) is 5.75 Å². The number of aromatic nitrogens is 1. The maximum atomic E-state index is 12.8. The summed E-state index contributed by atoms with van der Waals surface area (Å²) in [6.45, 7) is 3.52. The Kier molecular flexibility index (Phi) is 7.70. The van der Waals surface area contributed by atoms with Crippen LogP contribution in [0, 0.1) is 0 Å². The third-order valence-electron chi connectivity index (χ3n) is 5.49. The lowest BCUT2D eigenvalue weighted by Crippen LogP contribution is -2.27. The lowest BCUT2D eigenvalue weighted by Gasteiger charge is -2.08. The second-order valence-corrected chi connectivity index (χ2v) is 8.92. The zero-order valence-corrected chi connectivity index (χ0v) is 20.0. The second-order valence-electron chi connectivity index (χ2n) is 7.90. The summed E-state index contributed by atoms with van der Waals surface area (Å²) in [5.41, 5.74) is 1.79.